The number of aryl methyl sites for hydroxylation is 1. The zero-order valence-corrected chi connectivity index (χ0v) is 11.7. The summed E-state index contributed by atoms with van der Waals surface area (Å²) in [6.07, 6.45) is 3.61. The van der Waals surface area contributed by atoms with E-state index in [1.165, 1.54) is 25.3 Å². The molecule has 1 aromatic carbocycles. The zero-order chi connectivity index (χ0) is 13.1. The summed E-state index contributed by atoms with van der Waals surface area (Å²) in [5, 5.41) is 3.83. The SMILES string of the molecule is Cc1ccc(NC(=S)N2CCCC[C@@H]2C)cc1F. The number of hydrogen-bond acceptors (Lipinski definition) is 1. The van der Waals surface area contributed by atoms with Crippen LogP contribution in [0.2, 0.25) is 0 Å². The molecular weight excluding hydrogens is 247 g/mol. The third-order valence-electron chi connectivity index (χ3n) is 3.49. The van der Waals surface area contributed by atoms with Gasteiger partial charge in [0.15, 0.2) is 5.11 Å². The lowest BCUT2D eigenvalue weighted by molar-refractivity contribution is 0.262. The predicted octanol–water partition coefficient (Wildman–Crippen LogP) is 3.71. The van der Waals surface area contributed by atoms with Crippen LogP contribution in [0.15, 0.2) is 18.2 Å². The summed E-state index contributed by atoms with van der Waals surface area (Å²) in [6.45, 7) is 4.92. The molecule has 1 aromatic rings. The van der Waals surface area contributed by atoms with Crippen molar-refractivity contribution in [3.05, 3.63) is 29.6 Å². The van der Waals surface area contributed by atoms with Crippen molar-refractivity contribution < 1.29 is 4.39 Å². The highest BCUT2D eigenvalue weighted by atomic mass is 32.1. The molecular formula is C14H19FN2S. The molecule has 2 rings (SSSR count). The van der Waals surface area contributed by atoms with Crippen LogP contribution in [0.4, 0.5) is 10.1 Å². The van der Waals surface area contributed by atoms with Crippen LogP contribution in [-0.4, -0.2) is 22.6 Å². The number of piperidine rings is 1. The summed E-state index contributed by atoms with van der Waals surface area (Å²) >= 11 is 5.40. The van der Waals surface area contributed by atoms with E-state index >= 15 is 0 Å². The van der Waals surface area contributed by atoms with E-state index in [0.29, 0.717) is 16.7 Å². The first-order chi connectivity index (χ1) is 8.58. The third kappa shape index (κ3) is 2.99. The van der Waals surface area contributed by atoms with E-state index in [9.17, 15) is 4.39 Å². The monoisotopic (exact) mass is 266 g/mol. The van der Waals surface area contributed by atoms with Gasteiger partial charge in [-0.3, -0.25) is 0 Å². The van der Waals surface area contributed by atoms with Crippen molar-refractivity contribution in [3.8, 4) is 0 Å². The van der Waals surface area contributed by atoms with Crippen LogP contribution in [0.5, 0.6) is 0 Å². The standard InChI is InChI=1S/C14H19FN2S/c1-10-6-7-12(9-13(10)15)16-14(18)17-8-4-3-5-11(17)2/h6-7,9,11H,3-5,8H2,1-2H3,(H,16,18)/t11-/m0/s1. The fraction of sp³-hybridized carbons (Fsp3) is 0.500. The molecule has 0 radical (unpaired) electrons. The van der Waals surface area contributed by atoms with Crippen molar-refractivity contribution in [2.75, 3.05) is 11.9 Å². The highest BCUT2D eigenvalue weighted by molar-refractivity contribution is 7.80. The Morgan fingerprint density at radius 3 is 2.89 bits per heavy atom. The van der Waals surface area contributed by atoms with Gasteiger partial charge in [-0.15, -0.1) is 0 Å². The van der Waals surface area contributed by atoms with Crippen LogP contribution in [-0.2, 0) is 0 Å². The van der Waals surface area contributed by atoms with Crippen molar-refractivity contribution >= 4 is 23.0 Å². The first-order valence-corrected chi connectivity index (χ1v) is 6.82. The minimum Gasteiger partial charge on any atom is -0.346 e. The normalized spacial score (nSPS) is 19.7. The van der Waals surface area contributed by atoms with Crippen molar-refractivity contribution in [3.63, 3.8) is 0 Å². The van der Waals surface area contributed by atoms with Crippen LogP contribution in [0, 0.1) is 12.7 Å². The lowest BCUT2D eigenvalue weighted by Crippen LogP contribution is -2.44. The van der Waals surface area contributed by atoms with Crippen molar-refractivity contribution in [2.24, 2.45) is 0 Å². The lowest BCUT2D eigenvalue weighted by atomic mass is 10.0. The highest BCUT2D eigenvalue weighted by Gasteiger charge is 2.20. The fourth-order valence-electron chi connectivity index (χ4n) is 2.27. The maximum Gasteiger partial charge on any atom is 0.173 e. The van der Waals surface area contributed by atoms with Gasteiger partial charge in [0.05, 0.1) is 0 Å². The molecule has 18 heavy (non-hydrogen) atoms. The number of benzene rings is 1. The smallest absolute Gasteiger partial charge is 0.173 e. The lowest BCUT2D eigenvalue weighted by Gasteiger charge is -2.35. The average Bonchev–Trinajstić information content (AvgIpc) is 2.34. The molecule has 98 valence electrons. The van der Waals surface area contributed by atoms with Crippen LogP contribution in [0.25, 0.3) is 0 Å². The minimum absolute atomic E-state index is 0.200. The Bertz CT molecular complexity index is 447. The second-order valence-electron chi connectivity index (χ2n) is 4.93. The summed E-state index contributed by atoms with van der Waals surface area (Å²) in [6, 6.07) is 5.59. The van der Waals surface area contributed by atoms with Crippen LogP contribution >= 0.6 is 12.2 Å². The molecule has 1 atom stereocenters. The van der Waals surface area contributed by atoms with Crippen LogP contribution in [0.3, 0.4) is 0 Å². The molecule has 0 saturated carbocycles. The van der Waals surface area contributed by atoms with Gasteiger partial charge in [0, 0.05) is 18.3 Å². The second-order valence-corrected chi connectivity index (χ2v) is 5.32. The first-order valence-electron chi connectivity index (χ1n) is 6.41. The van der Waals surface area contributed by atoms with Gasteiger partial charge in [-0.1, -0.05) is 6.07 Å². The Morgan fingerprint density at radius 2 is 2.22 bits per heavy atom. The third-order valence-corrected chi connectivity index (χ3v) is 3.82. The topological polar surface area (TPSA) is 15.3 Å². The zero-order valence-electron chi connectivity index (χ0n) is 10.9. The number of rotatable bonds is 1. The number of anilines is 1. The summed E-state index contributed by atoms with van der Waals surface area (Å²) < 4.78 is 13.5. The molecule has 0 unspecified atom stereocenters. The van der Waals surface area contributed by atoms with Gasteiger partial charge in [-0.05, 0) is 63.0 Å². The first kappa shape index (κ1) is 13.3. The molecule has 1 heterocycles. The van der Waals surface area contributed by atoms with Crippen LogP contribution < -0.4 is 5.32 Å². The Labute approximate surface area is 113 Å². The molecule has 0 amide bonds. The van der Waals surface area contributed by atoms with Gasteiger partial charge in [0.25, 0.3) is 0 Å². The largest absolute Gasteiger partial charge is 0.346 e. The van der Waals surface area contributed by atoms with Gasteiger partial charge >= 0.3 is 0 Å². The van der Waals surface area contributed by atoms with Crippen molar-refractivity contribution in [2.45, 2.75) is 39.2 Å². The molecule has 1 saturated heterocycles. The maximum atomic E-state index is 13.5. The number of thiocarbonyl (C=S) groups is 1. The number of nitrogens with one attached hydrogen (secondary N) is 1. The summed E-state index contributed by atoms with van der Waals surface area (Å²) in [5.41, 5.74) is 1.37. The number of likely N-dealkylation sites (tertiary alicyclic amines) is 1. The van der Waals surface area contributed by atoms with E-state index in [4.69, 9.17) is 12.2 Å². The summed E-state index contributed by atoms with van der Waals surface area (Å²) in [7, 11) is 0. The Kier molecular flexibility index (Phi) is 4.17. The minimum atomic E-state index is -0.200. The Morgan fingerprint density at radius 1 is 1.44 bits per heavy atom. The molecule has 0 aliphatic carbocycles. The molecule has 1 N–H and O–H groups in total. The van der Waals surface area contributed by atoms with E-state index in [1.807, 2.05) is 6.07 Å². The van der Waals surface area contributed by atoms with E-state index < -0.39 is 0 Å². The molecule has 1 aliphatic heterocycles. The van der Waals surface area contributed by atoms with E-state index in [0.717, 1.165) is 12.2 Å². The summed E-state index contributed by atoms with van der Waals surface area (Å²) in [4.78, 5) is 2.19. The molecule has 0 bridgehead atoms. The van der Waals surface area contributed by atoms with Gasteiger partial charge in [-0.25, -0.2) is 4.39 Å². The molecule has 2 nitrogen and oxygen atoms in total. The van der Waals surface area contributed by atoms with E-state index in [1.54, 1.807) is 13.0 Å². The second kappa shape index (κ2) is 5.65. The number of nitrogens with zero attached hydrogens (tertiary/aromatic N) is 1. The van der Waals surface area contributed by atoms with Crippen LogP contribution in [0.1, 0.15) is 31.7 Å². The Hall–Kier alpha value is -1.16. The number of halogens is 1. The predicted molar refractivity (Wildman–Crippen MR) is 77.4 cm³/mol. The average molecular weight is 266 g/mol. The molecule has 1 aliphatic rings. The van der Waals surface area contributed by atoms with E-state index in [2.05, 4.69) is 17.1 Å². The number of hydrogen-bond donors (Lipinski definition) is 1. The van der Waals surface area contributed by atoms with Gasteiger partial charge < -0.3 is 10.2 Å². The maximum absolute atomic E-state index is 13.5. The van der Waals surface area contributed by atoms with E-state index in [-0.39, 0.29) is 5.82 Å². The summed E-state index contributed by atoms with van der Waals surface area (Å²) in [5.74, 6) is -0.200. The molecule has 4 heteroatoms. The molecule has 1 fully saturated rings. The highest BCUT2D eigenvalue weighted by Crippen LogP contribution is 2.19. The van der Waals surface area contributed by atoms with Gasteiger partial charge in [0.2, 0.25) is 0 Å². The quantitative estimate of drug-likeness (QED) is 0.780. The molecule has 0 spiro atoms. The fourth-order valence-corrected chi connectivity index (χ4v) is 2.65. The molecule has 0 aromatic heterocycles. The van der Waals surface area contributed by atoms with Crippen molar-refractivity contribution in [1.82, 2.24) is 4.90 Å². The Balaban J connectivity index is 2.04. The van der Waals surface area contributed by atoms with Crippen molar-refractivity contribution in [1.29, 1.82) is 0 Å². The van der Waals surface area contributed by atoms with Gasteiger partial charge in [0.1, 0.15) is 5.82 Å². The van der Waals surface area contributed by atoms with Gasteiger partial charge in [-0.2, -0.15) is 0 Å².